The van der Waals surface area contributed by atoms with Gasteiger partial charge in [0, 0.05) is 0 Å². The van der Waals surface area contributed by atoms with Crippen molar-refractivity contribution in [2.75, 3.05) is 0 Å². The van der Waals surface area contributed by atoms with E-state index in [0.29, 0.717) is 22.7 Å². The Morgan fingerprint density at radius 1 is 1.12 bits per heavy atom. The molecule has 8 heteroatoms. The number of rotatable bonds is 4. The molecule has 2 aromatic carbocycles. The van der Waals surface area contributed by atoms with Crippen LogP contribution in [0.1, 0.15) is 16.2 Å². The van der Waals surface area contributed by atoms with Crippen molar-refractivity contribution in [1.29, 1.82) is 0 Å². The first kappa shape index (κ1) is 14.1. The normalized spacial score (nSPS) is 10.8. The summed E-state index contributed by atoms with van der Waals surface area (Å²) in [7, 11) is 0. The molecule has 0 spiro atoms. The third-order valence-corrected chi connectivity index (χ3v) is 3.38. The summed E-state index contributed by atoms with van der Waals surface area (Å²) in [6, 6.07) is 14.3. The highest BCUT2D eigenvalue weighted by molar-refractivity contribution is 5.93. The van der Waals surface area contributed by atoms with E-state index < -0.39 is 5.97 Å². The van der Waals surface area contributed by atoms with E-state index in [-0.39, 0.29) is 6.61 Å². The molecule has 2 heterocycles. The van der Waals surface area contributed by atoms with Crippen molar-refractivity contribution in [2.45, 2.75) is 6.61 Å². The Labute approximate surface area is 135 Å². The van der Waals surface area contributed by atoms with E-state index in [2.05, 4.69) is 20.5 Å². The number of hydrogen-bond donors (Lipinski definition) is 0. The van der Waals surface area contributed by atoms with Crippen molar-refractivity contribution < 1.29 is 13.9 Å². The number of tetrazole rings is 1. The first-order valence-electron chi connectivity index (χ1n) is 7.15. The van der Waals surface area contributed by atoms with E-state index in [9.17, 15) is 4.79 Å². The van der Waals surface area contributed by atoms with Gasteiger partial charge in [0.25, 0.3) is 0 Å². The van der Waals surface area contributed by atoms with Crippen molar-refractivity contribution in [2.24, 2.45) is 0 Å². The first-order chi connectivity index (χ1) is 11.8. The summed E-state index contributed by atoms with van der Waals surface area (Å²) in [5.74, 6) is -0.173. The second kappa shape index (κ2) is 5.92. The number of nitrogens with zero attached hydrogens (tertiary/aromatic N) is 5. The average molecular weight is 321 g/mol. The SMILES string of the molecule is O=C(OCc1nc2ccccc2o1)c1ccccc1-n1cnnn1. The molecule has 0 saturated carbocycles. The maximum Gasteiger partial charge on any atom is 0.340 e. The highest BCUT2D eigenvalue weighted by Gasteiger charge is 2.16. The summed E-state index contributed by atoms with van der Waals surface area (Å²) < 4.78 is 12.2. The molecule has 0 amide bonds. The summed E-state index contributed by atoms with van der Waals surface area (Å²) in [4.78, 5) is 16.6. The molecule has 0 fully saturated rings. The third-order valence-electron chi connectivity index (χ3n) is 3.38. The molecule has 118 valence electrons. The summed E-state index contributed by atoms with van der Waals surface area (Å²) in [5, 5.41) is 10.9. The fourth-order valence-electron chi connectivity index (χ4n) is 2.30. The number of carbonyl (C=O) groups is 1. The van der Waals surface area contributed by atoms with Crippen molar-refractivity contribution in [3.05, 3.63) is 66.3 Å². The number of benzene rings is 2. The van der Waals surface area contributed by atoms with Crippen molar-refractivity contribution >= 4 is 17.1 Å². The van der Waals surface area contributed by atoms with Crippen LogP contribution in [0, 0.1) is 0 Å². The van der Waals surface area contributed by atoms with Gasteiger partial charge in [-0.1, -0.05) is 24.3 Å². The molecule has 2 aromatic heterocycles. The average Bonchev–Trinajstić information content (AvgIpc) is 3.28. The van der Waals surface area contributed by atoms with Crippen LogP contribution in [0.15, 0.2) is 59.3 Å². The molecular weight excluding hydrogens is 310 g/mol. The Bertz CT molecular complexity index is 961. The topological polar surface area (TPSA) is 95.9 Å². The van der Waals surface area contributed by atoms with Crippen molar-refractivity contribution in [3.63, 3.8) is 0 Å². The Balaban J connectivity index is 1.54. The zero-order valence-electron chi connectivity index (χ0n) is 12.4. The quantitative estimate of drug-likeness (QED) is 0.531. The lowest BCUT2D eigenvalue weighted by atomic mass is 10.2. The minimum Gasteiger partial charge on any atom is -0.452 e. The molecule has 4 aromatic rings. The van der Waals surface area contributed by atoms with E-state index in [1.165, 1.54) is 11.0 Å². The molecule has 0 atom stereocenters. The Hall–Kier alpha value is -3.55. The highest BCUT2D eigenvalue weighted by atomic mass is 16.5. The van der Waals surface area contributed by atoms with Gasteiger partial charge in [-0.2, -0.15) is 4.68 Å². The predicted octanol–water partition coefficient (Wildman–Crippen LogP) is 2.16. The van der Waals surface area contributed by atoms with Gasteiger partial charge in [-0.3, -0.25) is 0 Å². The molecule has 0 saturated heterocycles. The third kappa shape index (κ3) is 2.60. The number of oxazole rings is 1. The van der Waals surface area contributed by atoms with Crippen LogP contribution in [0.2, 0.25) is 0 Å². The molecule has 0 aliphatic carbocycles. The Kier molecular flexibility index (Phi) is 3.47. The minimum atomic E-state index is -0.511. The smallest absolute Gasteiger partial charge is 0.340 e. The lowest BCUT2D eigenvalue weighted by molar-refractivity contribution is 0.0440. The molecule has 8 nitrogen and oxygen atoms in total. The van der Waals surface area contributed by atoms with Crippen LogP contribution in [0.5, 0.6) is 0 Å². The van der Waals surface area contributed by atoms with Crippen LogP contribution in [-0.4, -0.2) is 31.2 Å². The van der Waals surface area contributed by atoms with E-state index in [4.69, 9.17) is 9.15 Å². The van der Waals surface area contributed by atoms with Crippen LogP contribution >= 0.6 is 0 Å². The second-order valence-corrected chi connectivity index (χ2v) is 4.92. The Morgan fingerprint density at radius 3 is 2.79 bits per heavy atom. The van der Waals surface area contributed by atoms with Gasteiger partial charge in [-0.15, -0.1) is 5.10 Å². The van der Waals surface area contributed by atoms with Crippen LogP contribution in [0.4, 0.5) is 0 Å². The number of hydrogen-bond acceptors (Lipinski definition) is 7. The Morgan fingerprint density at radius 2 is 1.96 bits per heavy atom. The maximum atomic E-state index is 12.4. The van der Waals surface area contributed by atoms with Crippen LogP contribution in [-0.2, 0) is 11.3 Å². The number of esters is 1. The van der Waals surface area contributed by atoms with Gasteiger partial charge >= 0.3 is 5.97 Å². The molecule has 0 radical (unpaired) electrons. The lowest BCUT2D eigenvalue weighted by Gasteiger charge is -2.07. The molecular formula is C16H11N5O3. The van der Waals surface area contributed by atoms with Gasteiger partial charge in [0.15, 0.2) is 12.2 Å². The van der Waals surface area contributed by atoms with Crippen LogP contribution in [0.3, 0.4) is 0 Å². The molecule has 0 bridgehead atoms. The number of ether oxygens (including phenoxy) is 1. The summed E-state index contributed by atoms with van der Waals surface area (Å²) in [5.41, 5.74) is 2.25. The van der Waals surface area contributed by atoms with Gasteiger partial charge in [-0.05, 0) is 34.7 Å². The monoisotopic (exact) mass is 321 g/mol. The fourth-order valence-corrected chi connectivity index (χ4v) is 2.30. The van der Waals surface area contributed by atoms with Crippen LogP contribution < -0.4 is 0 Å². The lowest BCUT2D eigenvalue weighted by Crippen LogP contribution is -2.10. The number of aromatic nitrogens is 5. The van der Waals surface area contributed by atoms with Gasteiger partial charge in [0.05, 0.1) is 11.3 Å². The van der Waals surface area contributed by atoms with Gasteiger partial charge < -0.3 is 9.15 Å². The second-order valence-electron chi connectivity index (χ2n) is 4.92. The highest BCUT2D eigenvalue weighted by Crippen LogP contribution is 2.17. The van der Waals surface area contributed by atoms with Gasteiger partial charge in [-0.25, -0.2) is 9.78 Å². The van der Waals surface area contributed by atoms with Crippen molar-refractivity contribution in [3.8, 4) is 5.69 Å². The fraction of sp³-hybridized carbons (Fsp3) is 0.0625. The van der Waals surface area contributed by atoms with Gasteiger partial charge in [0.2, 0.25) is 5.89 Å². The maximum absolute atomic E-state index is 12.4. The van der Waals surface area contributed by atoms with Crippen LogP contribution in [0.25, 0.3) is 16.8 Å². The predicted molar refractivity (Wildman–Crippen MR) is 82.3 cm³/mol. The minimum absolute atomic E-state index is 0.0581. The molecule has 4 rings (SSSR count). The molecule has 0 aliphatic rings. The zero-order chi connectivity index (χ0) is 16.4. The largest absolute Gasteiger partial charge is 0.452 e. The van der Waals surface area contributed by atoms with Crippen molar-refractivity contribution in [1.82, 2.24) is 25.2 Å². The van der Waals surface area contributed by atoms with Gasteiger partial charge in [0.1, 0.15) is 11.8 Å². The molecule has 0 unspecified atom stereocenters. The van der Waals surface area contributed by atoms with E-state index in [1.807, 2.05) is 18.2 Å². The van der Waals surface area contributed by atoms with E-state index in [1.54, 1.807) is 30.3 Å². The number of para-hydroxylation sites is 3. The summed E-state index contributed by atoms with van der Waals surface area (Å²) >= 11 is 0. The molecule has 0 N–H and O–H groups in total. The van der Waals surface area contributed by atoms with E-state index in [0.717, 1.165) is 5.52 Å². The molecule has 0 aliphatic heterocycles. The molecule has 24 heavy (non-hydrogen) atoms. The van der Waals surface area contributed by atoms with E-state index >= 15 is 0 Å². The number of carbonyl (C=O) groups excluding carboxylic acids is 1. The number of fused-ring (bicyclic) bond motifs is 1. The summed E-state index contributed by atoms with van der Waals surface area (Å²) in [6.07, 6.45) is 1.41. The standard InChI is InChI=1S/C16H11N5O3/c22-16(11-5-1-3-7-13(11)21-10-17-19-20-21)23-9-15-18-12-6-2-4-8-14(12)24-15/h1-8,10H,9H2. The zero-order valence-corrected chi connectivity index (χ0v) is 12.4. The first-order valence-corrected chi connectivity index (χ1v) is 7.15. The summed E-state index contributed by atoms with van der Waals surface area (Å²) in [6.45, 7) is -0.0581.